The van der Waals surface area contributed by atoms with Crippen molar-refractivity contribution in [3.63, 3.8) is 0 Å². The largest absolute Gasteiger partial charge is 0.471 e. The van der Waals surface area contributed by atoms with Gasteiger partial charge in [0.2, 0.25) is 15.9 Å². The lowest BCUT2D eigenvalue weighted by atomic mass is 10.2. The lowest BCUT2D eigenvalue weighted by Crippen LogP contribution is -2.47. The summed E-state index contributed by atoms with van der Waals surface area (Å²) in [6, 6.07) is 3.44. The molecule has 1 atom stereocenters. The van der Waals surface area contributed by atoms with Gasteiger partial charge in [0, 0.05) is 18.0 Å². The molecule has 28 heavy (non-hydrogen) atoms. The van der Waals surface area contributed by atoms with E-state index in [9.17, 15) is 31.2 Å². The van der Waals surface area contributed by atoms with Crippen molar-refractivity contribution in [3.05, 3.63) is 24.3 Å². The molecule has 1 saturated heterocycles. The highest BCUT2D eigenvalue weighted by molar-refractivity contribution is 8.00. The summed E-state index contributed by atoms with van der Waals surface area (Å²) in [6.45, 7) is 4.25. The average molecular weight is 439 g/mol. The Balaban J connectivity index is 2.15. The summed E-state index contributed by atoms with van der Waals surface area (Å²) in [4.78, 5) is 23.1. The minimum Gasteiger partial charge on any atom is -0.354 e. The molecule has 2 amide bonds. The van der Waals surface area contributed by atoms with Gasteiger partial charge in [0.15, 0.2) is 0 Å². The molecular weight excluding hydrogens is 419 g/mol. The highest BCUT2D eigenvalue weighted by atomic mass is 32.2. The van der Waals surface area contributed by atoms with Crippen LogP contribution in [0.3, 0.4) is 0 Å². The summed E-state index contributed by atoms with van der Waals surface area (Å²) in [6.07, 6.45) is -5.05. The Hall–Kier alpha value is -1.79. The third-order valence-electron chi connectivity index (χ3n) is 3.81. The molecule has 2 N–H and O–H groups in total. The summed E-state index contributed by atoms with van der Waals surface area (Å²) in [7, 11) is -4.03. The van der Waals surface area contributed by atoms with E-state index in [0.29, 0.717) is 12.3 Å². The zero-order valence-corrected chi connectivity index (χ0v) is 16.7. The summed E-state index contributed by atoms with van der Waals surface area (Å²) in [5.74, 6) is -1.93. The molecule has 156 valence electrons. The third-order valence-corrected chi connectivity index (χ3v) is 6.85. The van der Waals surface area contributed by atoms with Gasteiger partial charge in [-0.25, -0.2) is 8.42 Å². The molecule has 7 nitrogen and oxygen atoms in total. The van der Waals surface area contributed by atoms with Crippen molar-refractivity contribution in [2.45, 2.75) is 31.0 Å². The van der Waals surface area contributed by atoms with E-state index < -0.39 is 34.1 Å². The fourth-order valence-corrected chi connectivity index (χ4v) is 5.49. The number of rotatable bonds is 6. The van der Waals surface area contributed by atoms with Crippen LogP contribution in [0, 0.1) is 5.92 Å². The van der Waals surface area contributed by atoms with E-state index in [2.05, 4.69) is 5.32 Å². The molecule has 0 spiro atoms. The Morgan fingerprint density at radius 2 is 1.86 bits per heavy atom. The van der Waals surface area contributed by atoms with Crippen LogP contribution in [-0.4, -0.2) is 54.9 Å². The van der Waals surface area contributed by atoms with Gasteiger partial charge >= 0.3 is 12.1 Å². The second-order valence-electron chi connectivity index (χ2n) is 6.52. The number of thioether (sulfide) groups is 1. The van der Waals surface area contributed by atoms with Gasteiger partial charge in [-0.1, -0.05) is 13.8 Å². The maximum atomic E-state index is 12.8. The number of alkyl halides is 3. The first-order valence-corrected chi connectivity index (χ1v) is 10.9. The zero-order valence-electron chi connectivity index (χ0n) is 15.1. The van der Waals surface area contributed by atoms with Crippen molar-refractivity contribution < 1.29 is 31.2 Å². The number of amides is 2. The van der Waals surface area contributed by atoms with Gasteiger partial charge in [-0.3, -0.25) is 9.59 Å². The molecule has 1 aliphatic rings. The molecule has 12 heteroatoms. The van der Waals surface area contributed by atoms with Crippen LogP contribution in [0.15, 0.2) is 29.2 Å². The molecule has 1 fully saturated rings. The van der Waals surface area contributed by atoms with Gasteiger partial charge in [0.1, 0.15) is 6.04 Å². The highest BCUT2D eigenvalue weighted by Gasteiger charge is 2.40. The van der Waals surface area contributed by atoms with E-state index in [0.717, 1.165) is 28.6 Å². The molecule has 0 radical (unpaired) electrons. The van der Waals surface area contributed by atoms with Gasteiger partial charge in [0.05, 0.1) is 10.8 Å². The molecular formula is C16H20F3N3O4S2. The number of nitrogens with one attached hydrogen (secondary N) is 2. The van der Waals surface area contributed by atoms with Crippen molar-refractivity contribution in [1.29, 1.82) is 0 Å². The van der Waals surface area contributed by atoms with E-state index in [1.54, 1.807) is 5.32 Å². The number of nitrogens with zero attached hydrogens (tertiary/aromatic N) is 1. The van der Waals surface area contributed by atoms with Crippen molar-refractivity contribution in [2.75, 3.05) is 23.5 Å². The Morgan fingerprint density at radius 3 is 2.39 bits per heavy atom. The quantitative estimate of drug-likeness (QED) is 0.707. The predicted molar refractivity (Wildman–Crippen MR) is 99.1 cm³/mol. The van der Waals surface area contributed by atoms with Crippen LogP contribution in [-0.2, 0) is 19.6 Å². The average Bonchev–Trinajstić information content (AvgIpc) is 3.10. The summed E-state index contributed by atoms with van der Waals surface area (Å²) < 4.78 is 63.6. The molecule has 0 aromatic heterocycles. The normalized spacial score (nSPS) is 18.3. The molecule has 1 aromatic rings. The van der Waals surface area contributed by atoms with Crippen molar-refractivity contribution in [1.82, 2.24) is 9.62 Å². The van der Waals surface area contributed by atoms with Gasteiger partial charge < -0.3 is 10.6 Å². The molecule has 1 heterocycles. The van der Waals surface area contributed by atoms with Gasteiger partial charge in [-0.15, -0.1) is 11.8 Å². The van der Waals surface area contributed by atoms with Gasteiger partial charge in [-0.05, 0) is 30.2 Å². The smallest absolute Gasteiger partial charge is 0.354 e. The first-order chi connectivity index (χ1) is 12.9. The number of carbonyl (C=O) groups is 2. The number of carbonyl (C=O) groups excluding carboxylic acids is 2. The van der Waals surface area contributed by atoms with Crippen LogP contribution in [0.4, 0.5) is 18.9 Å². The molecule has 1 aromatic carbocycles. The standard InChI is InChI=1S/C16H20F3N3O4S2/c1-10(2)7-20-14(23)13-8-27-9-22(13)28(25,26)12-5-3-11(4-6-12)21-15(24)16(17,18)19/h3-6,10,13H,7-9H2,1-2H3,(H,20,23)(H,21,24). The van der Waals surface area contributed by atoms with Crippen LogP contribution in [0.25, 0.3) is 0 Å². The topological polar surface area (TPSA) is 95.6 Å². The Morgan fingerprint density at radius 1 is 1.25 bits per heavy atom. The Bertz CT molecular complexity index is 827. The van der Waals surface area contributed by atoms with E-state index in [4.69, 9.17) is 0 Å². The number of halogens is 3. The number of sulfonamides is 1. The van der Waals surface area contributed by atoms with E-state index >= 15 is 0 Å². The minimum absolute atomic E-state index is 0.0919. The highest BCUT2D eigenvalue weighted by Crippen LogP contribution is 2.29. The van der Waals surface area contributed by atoms with Gasteiger partial charge in [-0.2, -0.15) is 17.5 Å². The fraction of sp³-hybridized carbons (Fsp3) is 0.500. The fourth-order valence-electron chi connectivity index (χ4n) is 2.34. The molecule has 0 saturated carbocycles. The first kappa shape index (κ1) is 22.5. The SMILES string of the molecule is CC(C)CNC(=O)C1CSCN1S(=O)(=O)c1ccc(NC(=O)C(F)(F)F)cc1. The van der Waals surface area contributed by atoms with Crippen molar-refractivity contribution >= 4 is 39.3 Å². The van der Waals surface area contributed by atoms with E-state index in [1.807, 2.05) is 13.8 Å². The second kappa shape index (κ2) is 8.70. The number of hydrogen-bond acceptors (Lipinski definition) is 5. The summed E-state index contributed by atoms with van der Waals surface area (Å²) in [5, 5.41) is 4.35. The van der Waals surface area contributed by atoms with E-state index in [1.165, 1.54) is 11.8 Å². The van der Waals surface area contributed by atoms with Crippen LogP contribution in [0.5, 0.6) is 0 Å². The lowest BCUT2D eigenvalue weighted by molar-refractivity contribution is -0.167. The van der Waals surface area contributed by atoms with Crippen LogP contribution < -0.4 is 10.6 Å². The lowest BCUT2D eigenvalue weighted by Gasteiger charge is -2.23. The number of hydrogen-bond donors (Lipinski definition) is 2. The molecule has 2 rings (SSSR count). The monoisotopic (exact) mass is 439 g/mol. The number of benzene rings is 1. The van der Waals surface area contributed by atoms with E-state index in [-0.39, 0.29) is 22.4 Å². The van der Waals surface area contributed by atoms with Crippen LogP contribution in [0.2, 0.25) is 0 Å². The Kier molecular flexibility index (Phi) is 6.99. The third kappa shape index (κ3) is 5.39. The molecule has 1 unspecified atom stereocenters. The predicted octanol–water partition coefficient (Wildman–Crippen LogP) is 2.02. The zero-order chi connectivity index (χ0) is 21.1. The van der Waals surface area contributed by atoms with Crippen molar-refractivity contribution in [2.24, 2.45) is 5.92 Å². The second-order valence-corrected chi connectivity index (χ2v) is 9.41. The molecule has 0 aliphatic carbocycles. The summed E-state index contributed by atoms with van der Waals surface area (Å²) in [5.41, 5.74) is -0.191. The van der Waals surface area contributed by atoms with Crippen molar-refractivity contribution in [3.8, 4) is 0 Å². The van der Waals surface area contributed by atoms with Gasteiger partial charge in [0.25, 0.3) is 0 Å². The van der Waals surface area contributed by atoms with Crippen LogP contribution >= 0.6 is 11.8 Å². The maximum absolute atomic E-state index is 12.8. The molecule has 0 bridgehead atoms. The summed E-state index contributed by atoms with van der Waals surface area (Å²) >= 11 is 1.29. The Labute approximate surface area is 165 Å². The number of anilines is 1. The minimum atomic E-state index is -5.05. The first-order valence-electron chi connectivity index (χ1n) is 8.28. The molecule has 1 aliphatic heterocycles. The van der Waals surface area contributed by atoms with Crippen LogP contribution in [0.1, 0.15) is 13.8 Å². The maximum Gasteiger partial charge on any atom is 0.471 e.